The van der Waals surface area contributed by atoms with Gasteiger partial charge in [0.05, 0.1) is 19.8 Å². The standard InChI is InChI=1S/C13H19NO4/c1-11(15)12-4-5-13(14-10-12)18-7-3-6-17-9-8-16-2/h4-5,10H,3,6-9H2,1-2H3. The Kier molecular flexibility index (Phi) is 6.98. The number of hydrogen-bond donors (Lipinski definition) is 0. The smallest absolute Gasteiger partial charge is 0.213 e. The third-order valence-corrected chi connectivity index (χ3v) is 2.26. The Bertz CT molecular complexity index is 351. The summed E-state index contributed by atoms with van der Waals surface area (Å²) in [6, 6.07) is 3.41. The zero-order chi connectivity index (χ0) is 13.2. The number of carbonyl (C=O) groups excluding carboxylic acids is 1. The quantitative estimate of drug-likeness (QED) is 0.495. The fourth-order valence-corrected chi connectivity index (χ4v) is 1.26. The fraction of sp³-hybridized carbons (Fsp3) is 0.538. The summed E-state index contributed by atoms with van der Waals surface area (Å²) in [6.45, 7) is 3.89. The van der Waals surface area contributed by atoms with Crippen molar-refractivity contribution in [3.05, 3.63) is 23.9 Å². The Balaban J connectivity index is 2.14. The zero-order valence-electron chi connectivity index (χ0n) is 10.8. The summed E-state index contributed by atoms with van der Waals surface area (Å²) in [5.41, 5.74) is 0.588. The van der Waals surface area contributed by atoms with E-state index in [9.17, 15) is 4.79 Å². The normalized spacial score (nSPS) is 10.3. The summed E-state index contributed by atoms with van der Waals surface area (Å²) in [5, 5.41) is 0. The van der Waals surface area contributed by atoms with Crippen molar-refractivity contribution in [3.63, 3.8) is 0 Å². The van der Waals surface area contributed by atoms with Crippen molar-refractivity contribution < 1.29 is 19.0 Å². The van der Waals surface area contributed by atoms with Crippen molar-refractivity contribution in [1.82, 2.24) is 4.98 Å². The molecule has 0 bridgehead atoms. The van der Waals surface area contributed by atoms with Gasteiger partial charge in [0.2, 0.25) is 5.88 Å². The van der Waals surface area contributed by atoms with Crippen molar-refractivity contribution in [3.8, 4) is 5.88 Å². The van der Waals surface area contributed by atoms with Crippen molar-refractivity contribution in [1.29, 1.82) is 0 Å². The average Bonchev–Trinajstić information content (AvgIpc) is 2.38. The van der Waals surface area contributed by atoms with Gasteiger partial charge in [-0.25, -0.2) is 4.98 Å². The predicted molar refractivity (Wildman–Crippen MR) is 67.0 cm³/mol. The summed E-state index contributed by atoms with van der Waals surface area (Å²) in [4.78, 5) is 15.1. The van der Waals surface area contributed by atoms with E-state index >= 15 is 0 Å². The molecule has 1 aromatic heterocycles. The van der Waals surface area contributed by atoms with Crippen LogP contribution in [0.1, 0.15) is 23.7 Å². The van der Waals surface area contributed by atoms with Gasteiger partial charge in [-0.1, -0.05) is 0 Å². The molecule has 0 spiro atoms. The molecule has 0 fully saturated rings. The van der Waals surface area contributed by atoms with E-state index in [0.717, 1.165) is 6.42 Å². The van der Waals surface area contributed by atoms with Crippen LogP contribution in [0.5, 0.6) is 5.88 Å². The Hall–Kier alpha value is -1.46. The number of ketones is 1. The second kappa shape index (κ2) is 8.60. The highest BCUT2D eigenvalue weighted by Gasteiger charge is 2.00. The van der Waals surface area contributed by atoms with Gasteiger partial charge in [-0.2, -0.15) is 0 Å². The molecule has 5 nitrogen and oxygen atoms in total. The summed E-state index contributed by atoms with van der Waals surface area (Å²) in [6.07, 6.45) is 2.31. The molecule has 0 aliphatic heterocycles. The number of pyridine rings is 1. The molecule has 18 heavy (non-hydrogen) atoms. The van der Waals surface area contributed by atoms with Gasteiger partial charge in [-0.3, -0.25) is 4.79 Å². The van der Waals surface area contributed by atoms with E-state index in [-0.39, 0.29) is 5.78 Å². The van der Waals surface area contributed by atoms with Gasteiger partial charge >= 0.3 is 0 Å². The Morgan fingerprint density at radius 2 is 2.06 bits per heavy atom. The maximum absolute atomic E-state index is 11.0. The molecule has 0 amide bonds. The molecule has 0 aliphatic rings. The number of hydrogen-bond acceptors (Lipinski definition) is 5. The monoisotopic (exact) mass is 253 g/mol. The van der Waals surface area contributed by atoms with E-state index in [1.54, 1.807) is 19.2 Å². The van der Waals surface area contributed by atoms with Gasteiger partial charge in [0.25, 0.3) is 0 Å². The molecule has 0 saturated carbocycles. The minimum atomic E-state index is 0.000549. The second-order valence-corrected chi connectivity index (χ2v) is 3.75. The lowest BCUT2D eigenvalue weighted by Gasteiger charge is -2.06. The molecule has 1 aromatic rings. The van der Waals surface area contributed by atoms with Gasteiger partial charge in [0.15, 0.2) is 5.78 Å². The largest absolute Gasteiger partial charge is 0.478 e. The van der Waals surface area contributed by atoms with Crippen LogP contribution in [0.25, 0.3) is 0 Å². The predicted octanol–water partition coefficient (Wildman–Crippen LogP) is 1.72. The SMILES string of the molecule is COCCOCCCOc1ccc(C(C)=O)cn1. The number of methoxy groups -OCH3 is 1. The van der Waals surface area contributed by atoms with E-state index in [0.29, 0.717) is 37.9 Å². The molecule has 0 aromatic carbocycles. The van der Waals surface area contributed by atoms with Gasteiger partial charge < -0.3 is 14.2 Å². The number of ether oxygens (including phenoxy) is 3. The number of nitrogens with zero attached hydrogens (tertiary/aromatic N) is 1. The van der Waals surface area contributed by atoms with Gasteiger partial charge in [0, 0.05) is 38.0 Å². The maximum atomic E-state index is 11.0. The number of carbonyl (C=O) groups is 1. The lowest BCUT2D eigenvalue weighted by Crippen LogP contribution is -2.07. The van der Waals surface area contributed by atoms with Crippen LogP contribution < -0.4 is 4.74 Å². The third-order valence-electron chi connectivity index (χ3n) is 2.26. The number of rotatable bonds is 9. The van der Waals surface area contributed by atoms with Crippen molar-refractivity contribution in [2.75, 3.05) is 33.5 Å². The molecule has 0 N–H and O–H groups in total. The van der Waals surface area contributed by atoms with Crippen LogP contribution in [0.4, 0.5) is 0 Å². The molecule has 100 valence electrons. The third kappa shape index (κ3) is 5.75. The Labute approximate surface area is 107 Å². The van der Waals surface area contributed by atoms with E-state index in [4.69, 9.17) is 14.2 Å². The van der Waals surface area contributed by atoms with Gasteiger partial charge in [-0.05, 0) is 13.0 Å². The highest BCUT2D eigenvalue weighted by Crippen LogP contribution is 2.08. The first-order valence-corrected chi connectivity index (χ1v) is 5.90. The first-order valence-electron chi connectivity index (χ1n) is 5.90. The molecule has 0 atom stereocenters. The summed E-state index contributed by atoms with van der Waals surface area (Å²) in [5.74, 6) is 0.525. The minimum Gasteiger partial charge on any atom is -0.478 e. The van der Waals surface area contributed by atoms with E-state index in [1.165, 1.54) is 13.1 Å². The first kappa shape index (κ1) is 14.6. The van der Waals surface area contributed by atoms with Crippen molar-refractivity contribution >= 4 is 5.78 Å². The number of Topliss-reactive ketones (excluding diaryl/α,β-unsaturated/α-hetero) is 1. The summed E-state index contributed by atoms with van der Waals surface area (Å²) in [7, 11) is 1.64. The molecular formula is C13H19NO4. The molecule has 1 heterocycles. The van der Waals surface area contributed by atoms with Crippen LogP contribution in [-0.4, -0.2) is 44.3 Å². The lowest BCUT2D eigenvalue weighted by atomic mass is 10.2. The topological polar surface area (TPSA) is 57.7 Å². The van der Waals surface area contributed by atoms with Gasteiger partial charge in [-0.15, -0.1) is 0 Å². The average molecular weight is 253 g/mol. The Morgan fingerprint density at radius 1 is 1.22 bits per heavy atom. The maximum Gasteiger partial charge on any atom is 0.213 e. The van der Waals surface area contributed by atoms with Crippen molar-refractivity contribution in [2.24, 2.45) is 0 Å². The van der Waals surface area contributed by atoms with Crippen molar-refractivity contribution in [2.45, 2.75) is 13.3 Å². The molecule has 5 heteroatoms. The lowest BCUT2D eigenvalue weighted by molar-refractivity contribution is 0.0642. The molecule has 0 radical (unpaired) electrons. The summed E-state index contributed by atoms with van der Waals surface area (Å²) >= 11 is 0. The second-order valence-electron chi connectivity index (χ2n) is 3.75. The highest BCUT2D eigenvalue weighted by atomic mass is 16.5. The van der Waals surface area contributed by atoms with Gasteiger partial charge in [0.1, 0.15) is 0 Å². The first-order chi connectivity index (χ1) is 8.74. The molecule has 1 rings (SSSR count). The zero-order valence-corrected chi connectivity index (χ0v) is 10.8. The van der Waals surface area contributed by atoms with E-state index in [2.05, 4.69) is 4.98 Å². The number of aromatic nitrogens is 1. The van der Waals surface area contributed by atoms with E-state index < -0.39 is 0 Å². The molecule has 0 aliphatic carbocycles. The summed E-state index contributed by atoms with van der Waals surface area (Å²) < 4.78 is 15.6. The van der Waals surface area contributed by atoms with Crippen LogP contribution in [-0.2, 0) is 9.47 Å². The van der Waals surface area contributed by atoms with Crippen LogP contribution in [0.15, 0.2) is 18.3 Å². The minimum absolute atomic E-state index is 0.000549. The van der Waals surface area contributed by atoms with Crippen LogP contribution >= 0.6 is 0 Å². The highest BCUT2D eigenvalue weighted by molar-refractivity contribution is 5.93. The molecule has 0 unspecified atom stereocenters. The fourth-order valence-electron chi connectivity index (χ4n) is 1.26. The van der Waals surface area contributed by atoms with Crippen LogP contribution in [0.3, 0.4) is 0 Å². The van der Waals surface area contributed by atoms with Crippen LogP contribution in [0.2, 0.25) is 0 Å². The van der Waals surface area contributed by atoms with E-state index in [1.807, 2.05) is 0 Å². The van der Waals surface area contributed by atoms with Crippen LogP contribution in [0, 0.1) is 0 Å². The molecular weight excluding hydrogens is 234 g/mol. The Morgan fingerprint density at radius 3 is 2.67 bits per heavy atom. The molecule has 0 saturated heterocycles.